The lowest BCUT2D eigenvalue weighted by molar-refractivity contribution is -0.123. The van der Waals surface area contributed by atoms with Gasteiger partial charge in [-0.3, -0.25) is 20.4 Å². The predicted molar refractivity (Wildman–Crippen MR) is 95.2 cm³/mol. The summed E-state index contributed by atoms with van der Waals surface area (Å²) >= 11 is 11.7. The summed E-state index contributed by atoms with van der Waals surface area (Å²) in [4.78, 5) is 23.7. The van der Waals surface area contributed by atoms with E-state index in [0.29, 0.717) is 33.7 Å². The molecule has 0 fully saturated rings. The molecule has 6 nitrogen and oxygen atoms in total. The third kappa shape index (κ3) is 5.85. The maximum absolute atomic E-state index is 11.9. The van der Waals surface area contributed by atoms with Crippen LogP contribution in [-0.4, -0.2) is 25.0 Å². The molecule has 0 radical (unpaired) electrons. The van der Waals surface area contributed by atoms with Crippen LogP contribution in [-0.2, 0) is 4.79 Å². The summed E-state index contributed by atoms with van der Waals surface area (Å²) in [6.45, 7) is 2.10. The Hall–Kier alpha value is -2.44. The largest absolute Gasteiger partial charge is 0.494 e. The number of carbonyl (C=O) groups excluding carboxylic acids is 2. The van der Waals surface area contributed by atoms with Crippen molar-refractivity contribution in [3.05, 3.63) is 58.1 Å². The van der Waals surface area contributed by atoms with Gasteiger partial charge in [0.25, 0.3) is 11.8 Å². The lowest BCUT2D eigenvalue weighted by Gasteiger charge is -2.10. The summed E-state index contributed by atoms with van der Waals surface area (Å²) in [7, 11) is 0. The molecule has 25 heavy (non-hydrogen) atoms. The first-order chi connectivity index (χ1) is 12.0. The molecule has 0 heterocycles. The molecule has 0 aliphatic rings. The molecule has 132 valence electrons. The summed E-state index contributed by atoms with van der Waals surface area (Å²) in [6.07, 6.45) is 0. The van der Waals surface area contributed by atoms with E-state index in [-0.39, 0.29) is 6.61 Å². The Morgan fingerprint density at radius 1 is 1.00 bits per heavy atom. The Kier molecular flexibility index (Phi) is 6.91. The highest BCUT2D eigenvalue weighted by atomic mass is 35.5. The molecule has 2 aromatic rings. The fourth-order valence-electron chi connectivity index (χ4n) is 1.84. The van der Waals surface area contributed by atoms with Crippen molar-refractivity contribution in [1.29, 1.82) is 0 Å². The third-order valence-electron chi connectivity index (χ3n) is 3.00. The van der Waals surface area contributed by atoms with E-state index in [0.717, 1.165) is 0 Å². The van der Waals surface area contributed by atoms with Gasteiger partial charge in [-0.25, -0.2) is 0 Å². The second kappa shape index (κ2) is 9.15. The van der Waals surface area contributed by atoms with Gasteiger partial charge in [-0.2, -0.15) is 0 Å². The first-order valence-electron chi connectivity index (χ1n) is 7.39. The minimum absolute atomic E-state index is 0.290. The molecule has 0 spiro atoms. The smallest absolute Gasteiger partial charge is 0.276 e. The van der Waals surface area contributed by atoms with Crippen molar-refractivity contribution in [2.75, 3.05) is 13.2 Å². The van der Waals surface area contributed by atoms with Gasteiger partial charge < -0.3 is 9.47 Å². The van der Waals surface area contributed by atoms with E-state index in [9.17, 15) is 9.59 Å². The van der Waals surface area contributed by atoms with Gasteiger partial charge >= 0.3 is 0 Å². The van der Waals surface area contributed by atoms with Crippen LogP contribution >= 0.6 is 23.2 Å². The van der Waals surface area contributed by atoms with Crippen LogP contribution in [0.25, 0.3) is 0 Å². The number of carbonyl (C=O) groups is 2. The number of rotatable bonds is 6. The maximum atomic E-state index is 11.9. The van der Waals surface area contributed by atoms with Crippen LogP contribution in [0.5, 0.6) is 11.5 Å². The zero-order valence-electron chi connectivity index (χ0n) is 13.3. The van der Waals surface area contributed by atoms with Crippen LogP contribution in [0, 0.1) is 0 Å². The van der Waals surface area contributed by atoms with Crippen LogP contribution < -0.4 is 20.3 Å². The van der Waals surface area contributed by atoms with Crippen LogP contribution in [0.3, 0.4) is 0 Å². The quantitative estimate of drug-likeness (QED) is 0.751. The fourth-order valence-corrected chi connectivity index (χ4v) is 2.30. The van der Waals surface area contributed by atoms with E-state index in [4.69, 9.17) is 32.7 Å². The van der Waals surface area contributed by atoms with Crippen LogP contribution in [0.15, 0.2) is 42.5 Å². The Labute approximate surface area is 155 Å². The molecule has 0 bridgehead atoms. The molecule has 2 rings (SSSR count). The Morgan fingerprint density at radius 2 is 1.72 bits per heavy atom. The summed E-state index contributed by atoms with van der Waals surface area (Å²) in [5.74, 6) is -0.0124. The molecule has 0 aliphatic carbocycles. The molecule has 0 saturated heterocycles. The number of hydrazine groups is 1. The average Bonchev–Trinajstić information content (AvgIpc) is 2.60. The molecule has 2 amide bonds. The normalized spacial score (nSPS) is 10.0. The van der Waals surface area contributed by atoms with Crippen molar-refractivity contribution in [1.82, 2.24) is 10.9 Å². The predicted octanol–water partition coefficient (Wildman–Crippen LogP) is 3.23. The van der Waals surface area contributed by atoms with Gasteiger partial charge in [-0.15, -0.1) is 0 Å². The lowest BCUT2D eigenvalue weighted by Crippen LogP contribution is -2.43. The van der Waals surface area contributed by atoms with E-state index < -0.39 is 11.8 Å². The number of halogens is 2. The average molecular weight is 383 g/mol. The highest BCUT2D eigenvalue weighted by Crippen LogP contribution is 2.27. The van der Waals surface area contributed by atoms with Crippen LogP contribution in [0.4, 0.5) is 0 Å². The SMILES string of the molecule is CCOc1ccc(C(=O)NNC(=O)COc2ccc(Cl)cc2Cl)cc1. The monoisotopic (exact) mass is 382 g/mol. The van der Waals surface area contributed by atoms with Gasteiger partial charge in [0.05, 0.1) is 11.6 Å². The van der Waals surface area contributed by atoms with Crippen molar-refractivity contribution >= 4 is 35.0 Å². The second-order valence-corrected chi connectivity index (χ2v) is 5.67. The highest BCUT2D eigenvalue weighted by Gasteiger charge is 2.09. The number of hydrogen-bond donors (Lipinski definition) is 2. The van der Waals surface area contributed by atoms with Crippen molar-refractivity contribution < 1.29 is 19.1 Å². The van der Waals surface area contributed by atoms with E-state index in [1.54, 1.807) is 36.4 Å². The summed E-state index contributed by atoms with van der Waals surface area (Å²) in [5, 5.41) is 0.753. The lowest BCUT2D eigenvalue weighted by atomic mass is 10.2. The van der Waals surface area contributed by atoms with E-state index in [1.807, 2.05) is 6.92 Å². The molecular weight excluding hydrogens is 367 g/mol. The van der Waals surface area contributed by atoms with Crippen LogP contribution in [0.1, 0.15) is 17.3 Å². The molecule has 2 aromatic carbocycles. The van der Waals surface area contributed by atoms with Crippen molar-refractivity contribution in [2.45, 2.75) is 6.92 Å². The van der Waals surface area contributed by atoms with Crippen molar-refractivity contribution in [2.24, 2.45) is 0 Å². The first kappa shape index (κ1) is 18.9. The highest BCUT2D eigenvalue weighted by molar-refractivity contribution is 6.35. The van der Waals surface area contributed by atoms with Gasteiger partial charge in [0.1, 0.15) is 11.5 Å². The molecular formula is C17H16Cl2N2O4. The molecule has 2 N–H and O–H groups in total. The fraction of sp³-hybridized carbons (Fsp3) is 0.176. The number of hydrogen-bond acceptors (Lipinski definition) is 4. The summed E-state index contributed by atoms with van der Waals surface area (Å²) in [6, 6.07) is 11.2. The molecule has 0 saturated carbocycles. The Balaban J connectivity index is 1.79. The van der Waals surface area contributed by atoms with E-state index in [2.05, 4.69) is 10.9 Å². The second-order valence-electron chi connectivity index (χ2n) is 4.82. The molecule has 0 aromatic heterocycles. The minimum Gasteiger partial charge on any atom is -0.494 e. The number of ether oxygens (including phenoxy) is 2. The molecule has 0 aliphatic heterocycles. The standard InChI is InChI=1S/C17H16Cl2N2O4/c1-2-24-13-6-3-11(4-7-13)17(23)21-20-16(22)10-25-15-8-5-12(18)9-14(15)19/h3-9H,2,10H2,1H3,(H,20,22)(H,21,23). The number of benzene rings is 2. The number of amides is 2. The molecule has 0 unspecified atom stereocenters. The Bertz CT molecular complexity index is 751. The van der Waals surface area contributed by atoms with Gasteiger partial charge in [0.2, 0.25) is 0 Å². The minimum atomic E-state index is -0.537. The Morgan fingerprint density at radius 3 is 2.36 bits per heavy atom. The van der Waals surface area contributed by atoms with Crippen molar-refractivity contribution in [3.63, 3.8) is 0 Å². The van der Waals surface area contributed by atoms with Gasteiger partial charge in [0, 0.05) is 10.6 Å². The van der Waals surface area contributed by atoms with Crippen molar-refractivity contribution in [3.8, 4) is 11.5 Å². The summed E-state index contributed by atoms with van der Waals surface area (Å²) in [5.41, 5.74) is 4.93. The van der Waals surface area contributed by atoms with E-state index in [1.165, 1.54) is 6.07 Å². The number of nitrogens with one attached hydrogen (secondary N) is 2. The maximum Gasteiger partial charge on any atom is 0.276 e. The van der Waals surface area contributed by atoms with E-state index >= 15 is 0 Å². The molecule has 0 atom stereocenters. The summed E-state index contributed by atoms with van der Waals surface area (Å²) < 4.78 is 10.6. The first-order valence-corrected chi connectivity index (χ1v) is 8.15. The van der Waals surface area contributed by atoms with Crippen LogP contribution in [0.2, 0.25) is 10.0 Å². The zero-order chi connectivity index (χ0) is 18.2. The topological polar surface area (TPSA) is 76.7 Å². The van der Waals surface area contributed by atoms with Gasteiger partial charge in [-0.05, 0) is 49.4 Å². The van der Waals surface area contributed by atoms with Gasteiger partial charge in [-0.1, -0.05) is 23.2 Å². The zero-order valence-corrected chi connectivity index (χ0v) is 14.9. The molecule has 8 heteroatoms. The van der Waals surface area contributed by atoms with Gasteiger partial charge in [0.15, 0.2) is 6.61 Å². The third-order valence-corrected chi connectivity index (χ3v) is 3.53.